The van der Waals surface area contributed by atoms with E-state index in [9.17, 15) is 9.59 Å². The van der Waals surface area contributed by atoms with E-state index in [0.29, 0.717) is 17.9 Å². The normalized spacial score (nSPS) is 13.1. The minimum Gasteiger partial charge on any atom is -0.481 e. The van der Waals surface area contributed by atoms with Gasteiger partial charge in [-0.15, -0.1) is 0 Å². The molecule has 5 heteroatoms. The molecule has 3 rings (SSSR count). The second-order valence-electron chi connectivity index (χ2n) is 6.48. The highest BCUT2D eigenvalue weighted by atomic mass is 16.5. The van der Waals surface area contributed by atoms with Crippen LogP contribution in [0.15, 0.2) is 69.9 Å². The van der Waals surface area contributed by atoms with Gasteiger partial charge in [-0.1, -0.05) is 37.3 Å². The van der Waals surface area contributed by atoms with E-state index in [1.165, 1.54) is 11.6 Å². The molecule has 2 atom stereocenters. The zero-order valence-corrected chi connectivity index (χ0v) is 15.5. The van der Waals surface area contributed by atoms with Gasteiger partial charge in [0.15, 0.2) is 6.10 Å². The largest absolute Gasteiger partial charge is 0.481 e. The van der Waals surface area contributed by atoms with Crippen molar-refractivity contribution in [2.45, 2.75) is 32.3 Å². The Morgan fingerprint density at radius 3 is 2.59 bits per heavy atom. The number of hydrogen-bond donors (Lipinski definition) is 1. The van der Waals surface area contributed by atoms with Crippen LogP contribution in [0.25, 0.3) is 11.0 Å². The number of ether oxygens (including phenoxy) is 1. The van der Waals surface area contributed by atoms with E-state index in [1.807, 2.05) is 18.2 Å². The van der Waals surface area contributed by atoms with Crippen molar-refractivity contribution in [2.75, 3.05) is 6.54 Å². The molecule has 0 fully saturated rings. The summed E-state index contributed by atoms with van der Waals surface area (Å²) in [5, 5.41) is 3.76. The van der Waals surface area contributed by atoms with Crippen LogP contribution in [0.5, 0.6) is 5.75 Å². The fourth-order valence-electron chi connectivity index (χ4n) is 2.96. The molecule has 0 aliphatic carbocycles. The molecule has 1 aromatic heterocycles. The van der Waals surface area contributed by atoms with Gasteiger partial charge in [-0.3, -0.25) is 4.79 Å². The van der Waals surface area contributed by atoms with Crippen molar-refractivity contribution in [3.8, 4) is 5.75 Å². The van der Waals surface area contributed by atoms with E-state index in [4.69, 9.17) is 9.15 Å². The molecular formula is C22H23NO4. The van der Waals surface area contributed by atoms with Crippen LogP contribution in [0.4, 0.5) is 0 Å². The number of nitrogens with one attached hydrogen (secondary N) is 1. The summed E-state index contributed by atoms with van der Waals surface area (Å²) in [6.07, 6.45) is 0.273. The average molecular weight is 365 g/mol. The third-order valence-corrected chi connectivity index (χ3v) is 4.56. The van der Waals surface area contributed by atoms with Crippen LogP contribution in [-0.2, 0) is 4.79 Å². The van der Waals surface area contributed by atoms with Crippen molar-refractivity contribution in [2.24, 2.45) is 0 Å². The lowest BCUT2D eigenvalue weighted by Crippen LogP contribution is -2.38. The van der Waals surface area contributed by atoms with Gasteiger partial charge in [-0.2, -0.15) is 0 Å². The molecule has 0 aliphatic heterocycles. The first-order valence-electron chi connectivity index (χ1n) is 9.10. The fourth-order valence-corrected chi connectivity index (χ4v) is 2.96. The Morgan fingerprint density at radius 2 is 1.85 bits per heavy atom. The van der Waals surface area contributed by atoms with Crippen LogP contribution in [0, 0.1) is 0 Å². The molecule has 5 nitrogen and oxygen atoms in total. The second-order valence-corrected chi connectivity index (χ2v) is 6.48. The second kappa shape index (κ2) is 8.54. The third-order valence-electron chi connectivity index (χ3n) is 4.56. The number of fused-ring (bicyclic) bond motifs is 1. The van der Waals surface area contributed by atoms with Gasteiger partial charge < -0.3 is 14.5 Å². The lowest BCUT2D eigenvalue weighted by atomic mass is 9.96. The summed E-state index contributed by atoms with van der Waals surface area (Å²) < 4.78 is 10.9. The van der Waals surface area contributed by atoms with E-state index in [-0.39, 0.29) is 11.8 Å². The maximum atomic E-state index is 12.4. The molecule has 0 aliphatic rings. The Labute approximate surface area is 158 Å². The lowest BCUT2D eigenvalue weighted by molar-refractivity contribution is -0.127. The number of carbonyl (C=O) groups excluding carboxylic acids is 1. The molecule has 27 heavy (non-hydrogen) atoms. The maximum Gasteiger partial charge on any atom is 0.336 e. The van der Waals surface area contributed by atoms with Crippen molar-refractivity contribution in [1.82, 2.24) is 5.32 Å². The smallest absolute Gasteiger partial charge is 0.336 e. The number of benzene rings is 2. The first-order valence-corrected chi connectivity index (χ1v) is 9.10. The van der Waals surface area contributed by atoms with E-state index < -0.39 is 11.7 Å². The minimum atomic E-state index is -0.661. The highest BCUT2D eigenvalue weighted by molar-refractivity contribution is 5.81. The van der Waals surface area contributed by atoms with Gasteiger partial charge in [0, 0.05) is 30.0 Å². The van der Waals surface area contributed by atoms with Crippen molar-refractivity contribution in [3.63, 3.8) is 0 Å². The van der Waals surface area contributed by atoms with Crippen LogP contribution in [0.3, 0.4) is 0 Å². The topological polar surface area (TPSA) is 68.5 Å². The summed E-state index contributed by atoms with van der Waals surface area (Å²) in [5.74, 6) is 0.561. The zero-order chi connectivity index (χ0) is 19.2. The Bertz CT molecular complexity index is 965. The number of amides is 1. The number of carbonyl (C=O) groups is 1. The predicted molar refractivity (Wildman–Crippen MR) is 105 cm³/mol. The SMILES string of the molecule is CC[C@@H](CNC(=O)[C@@H](C)Oc1ccc2ccc(=O)oc2c1)c1ccccc1. The summed E-state index contributed by atoms with van der Waals surface area (Å²) in [7, 11) is 0. The highest BCUT2D eigenvalue weighted by Crippen LogP contribution is 2.21. The molecule has 0 unspecified atom stereocenters. The van der Waals surface area contributed by atoms with Crippen LogP contribution in [-0.4, -0.2) is 18.6 Å². The molecule has 1 heterocycles. The average Bonchev–Trinajstić information content (AvgIpc) is 2.68. The summed E-state index contributed by atoms with van der Waals surface area (Å²) in [5.41, 5.74) is 1.22. The summed E-state index contributed by atoms with van der Waals surface area (Å²) in [6.45, 7) is 4.36. The Morgan fingerprint density at radius 1 is 1.11 bits per heavy atom. The third kappa shape index (κ3) is 4.76. The number of hydrogen-bond acceptors (Lipinski definition) is 4. The van der Waals surface area contributed by atoms with Crippen LogP contribution in [0.2, 0.25) is 0 Å². The maximum absolute atomic E-state index is 12.4. The quantitative estimate of drug-likeness (QED) is 0.646. The monoisotopic (exact) mass is 365 g/mol. The van der Waals surface area contributed by atoms with Crippen molar-refractivity contribution < 1.29 is 13.9 Å². The van der Waals surface area contributed by atoms with Gasteiger partial charge >= 0.3 is 5.63 Å². The molecule has 0 radical (unpaired) electrons. The molecule has 0 bridgehead atoms. The molecule has 3 aromatic rings. The van der Waals surface area contributed by atoms with Gasteiger partial charge in [0.25, 0.3) is 5.91 Å². The predicted octanol–water partition coefficient (Wildman–Crippen LogP) is 3.87. The molecular weight excluding hydrogens is 342 g/mol. The minimum absolute atomic E-state index is 0.181. The number of rotatable bonds is 7. The summed E-state index contributed by atoms with van der Waals surface area (Å²) in [6, 6.07) is 18.4. The Kier molecular flexibility index (Phi) is 5.91. The van der Waals surface area contributed by atoms with Gasteiger partial charge in [0.2, 0.25) is 0 Å². The highest BCUT2D eigenvalue weighted by Gasteiger charge is 2.17. The van der Waals surface area contributed by atoms with E-state index >= 15 is 0 Å². The van der Waals surface area contributed by atoms with Crippen LogP contribution < -0.4 is 15.7 Å². The lowest BCUT2D eigenvalue weighted by Gasteiger charge is -2.19. The molecule has 0 saturated carbocycles. The first-order chi connectivity index (χ1) is 13.1. The van der Waals surface area contributed by atoms with E-state index in [1.54, 1.807) is 31.2 Å². The van der Waals surface area contributed by atoms with Gasteiger partial charge in [-0.25, -0.2) is 4.79 Å². The van der Waals surface area contributed by atoms with E-state index in [2.05, 4.69) is 24.4 Å². The Balaban J connectivity index is 1.61. The van der Waals surface area contributed by atoms with E-state index in [0.717, 1.165) is 11.8 Å². The Hall–Kier alpha value is -3.08. The van der Waals surface area contributed by atoms with Crippen LogP contribution >= 0.6 is 0 Å². The molecule has 0 saturated heterocycles. The summed E-state index contributed by atoms with van der Waals surface area (Å²) >= 11 is 0. The standard InChI is InChI=1S/C22H23NO4/c1-3-16(17-7-5-4-6-8-17)14-23-22(25)15(2)26-19-11-9-18-10-12-21(24)27-20(18)13-19/h4-13,15-16H,3,14H2,1-2H3,(H,23,25)/t15-,16+/m1/s1. The first kappa shape index (κ1) is 18.7. The van der Waals surface area contributed by atoms with Crippen molar-refractivity contribution in [3.05, 3.63) is 76.6 Å². The zero-order valence-electron chi connectivity index (χ0n) is 15.5. The summed E-state index contributed by atoms with van der Waals surface area (Å²) in [4.78, 5) is 23.8. The van der Waals surface area contributed by atoms with Crippen molar-refractivity contribution >= 4 is 16.9 Å². The van der Waals surface area contributed by atoms with Gasteiger partial charge in [0.05, 0.1) is 0 Å². The molecule has 0 spiro atoms. The molecule has 140 valence electrons. The molecule has 2 aromatic carbocycles. The van der Waals surface area contributed by atoms with Crippen molar-refractivity contribution in [1.29, 1.82) is 0 Å². The molecule has 1 amide bonds. The van der Waals surface area contributed by atoms with Crippen LogP contribution in [0.1, 0.15) is 31.7 Å². The van der Waals surface area contributed by atoms with Gasteiger partial charge in [0.1, 0.15) is 11.3 Å². The fraction of sp³-hybridized carbons (Fsp3) is 0.273. The molecule has 1 N–H and O–H groups in total. The van der Waals surface area contributed by atoms with Gasteiger partial charge in [-0.05, 0) is 37.1 Å².